The van der Waals surface area contributed by atoms with E-state index in [2.05, 4.69) is 36.2 Å². The predicted molar refractivity (Wildman–Crippen MR) is 78.9 cm³/mol. The Balaban J connectivity index is 2.21. The van der Waals surface area contributed by atoms with Gasteiger partial charge >= 0.3 is 0 Å². The number of hydrogen-bond donors (Lipinski definition) is 1. The van der Waals surface area contributed by atoms with Gasteiger partial charge in [-0.2, -0.15) is 4.98 Å². The molecule has 0 bridgehead atoms. The first-order chi connectivity index (χ1) is 9.71. The zero-order chi connectivity index (χ0) is 14.4. The van der Waals surface area contributed by atoms with Gasteiger partial charge in [0.2, 0.25) is 5.88 Å². The third-order valence-electron chi connectivity index (χ3n) is 2.34. The maximum Gasteiger partial charge on any atom is 0.224 e. The van der Waals surface area contributed by atoms with Gasteiger partial charge in [0.05, 0.1) is 6.20 Å². The molecule has 0 fully saturated rings. The van der Waals surface area contributed by atoms with Crippen LogP contribution in [0, 0.1) is 0 Å². The summed E-state index contributed by atoms with van der Waals surface area (Å²) in [4.78, 5) is 12.6. The lowest BCUT2D eigenvalue weighted by molar-refractivity contribution is 0.128. The number of nitrogens with one attached hydrogen (secondary N) is 1. The van der Waals surface area contributed by atoms with Gasteiger partial charge in [0, 0.05) is 30.4 Å². The highest BCUT2D eigenvalue weighted by Gasteiger charge is 2.07. The maximum atomic E-state index is 5.68. The standard InChI is InChI=1S/C13H15BrN4O2/c1-3-19-8-12-17-11(15-2)5-13(18-12)20-10-4-9(14)6-16-7-10/h4-7H,3,8H2,1-2H3,(H,15,17,18). The largest absolute Gasteiger partial charge is 0.437 e. The Hall–Kier alpha value is -1.73. The molecule has 20 heavy (non-hydrogen) atoms. The smallest absolute Gasteiger partial charge is 0.224 e. The van der Waals surface area contributed by atoms with E-state index < -0.39 is 0 Å². The monoisotopic (exact) mass is 338 g/mol. The Morgan fingerprint density at radius 1 is 1.25 bits per heavy atom. The first kappa shape index (κ1) is 14.7. The summed E-state index contributed by atoms with van der Waals surface area (Å²) in [6, 6.07) is 3.53. The Labute approximate surface area is 125 Å². The second-order valence-electron chi connectivity index (χ2n) is 3.84. The van der Waals surface area contributed by atoms with Crippen LogP contribution in [0.3, 0.4) is 0 Å². The second kappa shape index (κ2) is 7.16. The lowest BCUT2D eigenvalue weighted by Crippen LogP contribution is -2.04. The summed E-state index contributed by atoms with van der Waals surface area (Å²) in [5.74, 6) is 2.28. The highest BCUT2D eigenvalue weighted by atomic mass is 79.9. The van der Waals surface area contributed by atoms with Crippen LogP contribution in [0.1, 0.15) is 12.7 Å². The molecule has 1 N–H and O–H groups in total. The number of anilines is 1. The maximum absolute atomic E-state index is 5.68. The van der Waals surface area contributed by atoms with Gasteiger partial charge in [-0.25, -0.2) is 4.98 Å². The molecule has 106 valence electrons. The average molecular weight is 339 g/mol. The van der Waals surface area contributed by atoms with E-state index in [1.165, 1.54) is 0 Å². The van der Waals surface area contributed by atoms with E-state index in [-0.39, 0.29) is 0 Å². The number of halogens is 1. The first-order valence-corrected chi connectivity index (χ1v) is 6.92. The van der Waals surface area contributed by atoms with E-state index in [9.17, 15) is 0 Å². The highest BCUT2D eigenvalue weighted by molar-refractivity contribution is 9.10. The molecule has 0 radical (unpaired) electrons. The molecule has 0 unspecified atom stereocenters. The average Bonchev–Trinajstić information content (AvgIpc) is 2.45. The minimum Gasteiger partial charge on any atom is -0.437 e. The fraction of sp³-hybridized carbons (Fsp3) is 0.308. The molecule has 0 atom stereocenters. The van der Waals surface area contributed by atoms with Crippen molar-refractivity contribution >= 4 is 21.7 Å². The van der Waals surface area contributed by atoms with Crippen molar-refractivity contribution in [2.24, 2.45) is 0 Å². The predicted octanol–water partition coefficient (Wildman–Crippen LogP) is 3.00. The molecule has 0 saturated heterocycles. The van der Waals surface area contributed by atoms with Gasteiger partial charge in [0.1, 0.15) is 18.2 Å². The van der Waals surface area contributed by atoms with Crippen LogP contribution in [0.25, 0.3) is 0 Å². The van der Waals surface area contributed by atoms with E-state index in [1.807, 2.05) is 13.0 Å². The zero-order valence-electron chi connectivity index (χ0n) is 11.3. The molecule has 7 heteroatoms. The Bertz CT molecular complexity index is 580. The molecular formula is C13H15BrN4O2. The minimum absolute atomic E-state index is 0.346. The third-order valence-corrected chi connectivity index (χ3v) is 2.78. The van der Waals surface area contributed by atoms with Crippen molar-refractivity contribution in [1.29, 1.82) is 0 Å². The van der Waals surface area contributed by atoms with Crippen molar-refractivity contribution in [1.82, 2.24) is 15.0 Å². The molecular weight excluding hydrogens is 324 g/mol. The van der Waals surface area contributed by atoms with Crippen molar-refractivity contribution in [3.8, 4) is 11.6 Å². The summed E-state index contributed by atoms with van der Waals surface area (Å²) in [5, 5.41) is 2.97. The summed E-state index contributed by atoms with van der Waals surface area (Å²) >= 11 is 3.34. The summed E-state index contributed by atoms with van der Waals surface area (Å²) in [7, 11) is 1.79. The van der Waals surface area contributed by atoms with Gasteiger partial charge in [-0.05, 0) is 28.9 Å². The van der Waals surface area contributed by atoms with Gasteiger partial charge in [-0.3, -0.25) is 4.98 Å². The van der Waals surface area contributed by atoms with Crippen LogP contribution in [0.4, 0.5) is 5.82 Å². The summed E-state index contributed by atoms with van der Waals surface area (Å²) < 4.78 is 11.8. The molecule has 0 aliphatic carbocycles. The van der Waals surface area contributed by atoms with Crippen molar-refractivity contribution < 1.29 is 9.47 Å². The van der Waals surface area contributed by atoms with E-state index in [1.54, 1.807) is 25.5 Å². The molecule has 6 nitrogen and oxygen atoms in total. The molecule has 0 amide bonds. The van der Waals surface area contributed by atoms with Crippen LogP contribution in [-0.4, -0.2) is 28.6 Å². The number of nitrogens with zero attached hydrogens (tertiary/aromatic N) is 3. The molecule has 0 saturated carbocycles. The van der Waals surface area contributed by atoms with Gasteiger partial charge in [0.25, 0.3) is 0 Å². The van der Waals surface area contributed by atoms with E-state index in [0.717, 1.165) is 4.47 Å². The third kappa shape index (κ3) is 4.14. The molecule has 2 rings (SSSR count). The molecule has 0 aliphatic heterocycles. The number of hydrogen-bond acceptors (Lipinski definition) is 6. The lowest BCUT2D eigenvalue weighted by atomic mass is 10.4. The number of aromatic nitrogens is 3. The number of ether oxygens (including phenoxy) is 2. The van der Waals surface area contributed by atoms with Crippen LogP contribution in [-0.2, 0) is 11.3 Å². The molecule has 0 aromatic carbocycles. The SMILES string of the molecule is CCOCc1nc(NC)cc(Oc2cncc(Br)c2)n1. The fourth-order valence-corrected chi connectivity index (χ4v) is 1.82. The molecule has 2 heterocycles. The van der Waals surface area contributed by atoms with Crippen LogP contribution < -0.4 is 10.1 Å². The van der Waals surface area contributed by atoms with Crippen molar-refractivity contribution in [3.63, 3.8) is 0 Å². The van der Waals surface area contributed by atoms with Crippen molar-refractivity contribution in [2.45, 2.75) is 13.5 Å². The normalized spacial score (nSPS) is 10.3. The second-order valence-corrected chi connectivity index (χ2v) is 4.75. The minimum atomic E-state index is 0.346. The van der Waals surface area contributed by atoms with Gasteiger partial charge in [-0.15, -0.1) is 0 Å². The zero-order valence-corrected chi connectivity index (χ0v) is 12.8. The van der Waals surface area contributed by atoms with E-state index in [4.69, 9.17) is 9.47 Å². The van der Waals surface area contributed by atoms with E-state index >= 15 is 0 Å². The summed E-state index contributed by atoms with van der Waals surface area (Å²) in [5.41, 5.74) is 0. The van der Waals surface area contributed by atoms with Crippen molar-refractivity contribution in [2.75, 3.05) is 19.0 Å². The summed E-state index contributed by atoms with van der Waals surface area (Å²) in [6.07, 6.45) is 3.31. The number of rotatable bonds is 6. The van der Waals surface area contributed by atoms with Crippen LogP contribution >= 0.6 is 15.9 Å². The Morgan fingerprint density at radius 3 is 2.80 bits per heavy atom. The highest BCUT2D eigenvalue weighted by Crippen LogP contribution is 2.23. The molecule has 2 aromatic heterocycles. The van der Waals surface area contributed by atoms with Crippen LogP contribution in [0.2, 0.25) is 0 Å². The Morgan fingerprint density at radius 2 is 2.10 bits per heavy atom. The van der Waals surface area contributed by atoms with Gasteiger partial charge in [0.15, 0.2) is 5.82 Å². The summed E-state index contributed by atoms with van der Waals surface area (Å²) in [6.45, 7) is 2.88. The lowest BCUT2D eigenvalue weighted by Gasteiger charge is -2.09. The first-order valence-electron chi connectivity index (χ1n) is 6.13. The van der Waals surface area contributed by atoms with Crippen LogP contribution in [0.5, 0.6) is 11.6 Å². The number of pyridine rings is 1. The van der Waals surface area contributed by atoms with Crippen molar-refractivity contribution in [3.05, 3.63) is 34.8 Å². The van der Waals surface area contributed by atoms with Crippen LogP contribution in [0.15, 0.2) is 29.0 Å². The molecule has 2 aromatic rings. The van der Waals surface area contributed by atoms with Gasteiger partial charge < -0.3 is 14.8 Å². The molecule has 0 aliphatic rings. The molecule has 0 spiro atoms. The quantitative estimate of drug-likeness (QED) is 0.873. The Kier molecular flexibility index (Phi) is 5.25. The topological polar surface area (TPSA) is 69.2 Å². The van der Waals surface area contributed by atoms with Gasteiger partial charge in [-0.1, -0.05) is 0 Å². The fourth-order valence-electron chi connectivity index (χ4n) is 1.48. The van der Waals surface area contributed by atoms with E-state index in [0.29, 0.717) is 36.5 Å².